The van der Waals surface area contributed by atoms with Gasteiger partial charge in [-0.2, -0.15) is 0 Å². The first-order valence-electron chi connectivity index (χ1n) is 5.09. The molecule has 1 fully saturated rings. The quantitative estimate of drug-likeness (QED) is 0.782. The largest absolute Gasteiger partial charge is 0.481 e. The highest BCUT2D eigenvalue weighted by atomic mass is 16.4. The van der Waals surface area contributed by atoms with Crippen LogP contribution in [0.3, 0.4) is 0 Å². The van der Waals surface area contributed by atoms with Gasteiger partial charge in [0.1, 0.15) is 0 Å². The number of carbonyl (C=O) groups is 1. The van der Waals surface area contributed by atoms with Crippen molar-refractivity contribution in [1.82, 2.24) is 0 Å². The smallest absolute Gasteiger partial charge is 0.307 e. The number of rotatable bonds is 4. The van der Waals surface area contributed by atoms with Gasteiger partial charge < -0.3 is 10.2 Å². The summed E-state index contributed by atoms with van der Waals surface area (Å²) in [5.41, 5.74) is 1.31. The number of hydrogen-bond acceptors (Lipinski definition) is 2. The van der Waals surface area contributed by atoms with Gasteiger partial charge in [0.2, 0.25) is 0 Å². The van der Waals surface area contributed by atoms with Crippen LogP contribution in [0.2, 0.25) is 0 Å². The van der Waals surface area contributed by atoms with Gasteiger partial charge in [0.15, 0.2) is 0 Å². The topological polar surface area (TPSA) is 57.5 Å². The van der Waals surface area contributed by atoms with Gasteiger partial charge in [-0.15, -0.1) is 0 Å². The van der Waals surface area contributed by atoms with Gasteiger partial charge in [-0.3, -0.25) is 4.79 Å². The fourth-order valence-corrected chi connectivity index (χ4v) is 1.73. The van der Waals surface area contributed by atoms with E-state index in [2.05, 4.69) is 0 Å². The minimum Gasteiger partial charge on any atom is -0.481 e. The number of aliphatic hydroxyl groups is 1. The van der Waals surface area contributed by atoms with E-state index >= 15 is 0 Å². The Morgan fingerprint density at radius 2 is 2.00 bits per heavy atom. The van der Waals surface area contributed by atoms with Crippen LogP contribution in [0.1, 0.15) is 24.0 Å². The van der Waals surface area contributed by atoms with Crippen molar-refractivity contribution in [3.8, 4) is 0 Å². The molecule has 3 heteroatoms. The lowest BCUT2D eigenvalue weighted by molar-refractivity contribution is -0.136. The average molecular weight is 206 g/mol. The van der Waals surface area contributed by atoms with E-state index in [1.165, 1.54) is 0 Å². The first-order valence-corrected chi connectivity index (χ1v) is 5.09. The predicted molar refractivity (Wildman–Crippen MR) is 55.7 cm³/mol. The van der Waals surface area contributed by atoms with Crippen molar-refractivity contribution in [2.45, 2.75) is 31.3 Å². The molecule has 3 nitrogen and oxygen atoms in total. The van der Waals surface area contributed by atoms with E-state index in [-0.39, 0.29) is 6.42 Å². The van der Waals surface area contributed by atoms with Crippen LogP contribution >= 0.6 is 0 Å². The molecule has 80 valence electrons. The van der Waals surface area contributed by atoms with Gasteiger partial charge in [0, 0.05) is 6.42 Å². The Morgan fingerprint density at radius 1 is 1.33 bits per heavy atom. The van der Waals surface area contributed by atoms with Crippen LogP contribution in [-0.4, -0.2) is 21.8 Å². The molecule has 1 saturated carbocycles. The highest BCUT2D eigenvalue weighted by Gasteiger charge is 2.39. The van der Waals surface area contributed by atoms with Crippen LogP contribution in [0.4, 0.5) is 0 Å². The normalized spacial score (nSPS) is 17.4. The lowest BCUT2D eigenvalue weighted by atomic mass is 10.0. The van der Waals surface area contributed by atoms with Crippen LogP contribution in [0.5, 0.6) is 0 Å². The highest BCUT2D eigenvalue weighted by molar-refractivity contribution is 5.70. The summed E-state index contributed by atoms with van der Waals surface area (Å²) in [6.07, 6.45) is 2.40. The molecule has 0 saturated heterocycles. The molecule has 2 N–H and O–H groups in total. The average Bonchev–Trinajstić information content (AvgIpc) is 2.82. The van der Waals surface area contributed by atoms with Gasteiger partial charge in [-0.05, 0) is 24.0 Å². The summed E-state index contributed by atoms with van der Waals surface area (Å²) in [5.74, 6) is -0.822. The molecule has 0 bridgehead atoms. The molecule has 0 unspecified atom stereocenters. The van der Waals surface area contributed by atoms with Crippen molar-refractivity contribution in [3.63, 3.8) is 0 Å². The maximum absolute atomic E-state index is 10.5. The first kappa shape index (κ1) is 10.2. The molecule has 0 aromatic heterocycles. The minimum absolute atomic E-state index is 0.0479. The molecule has 1 aromatic carbocycles. The monoisotopic (exact) mass is 206 g/mol. The van der Waals surface area contributed by atoms with Crippen LogP contribution < -0.4 is 0 Å². The van der Waals surface area contributed by atoms with Crippen molar-refractivity contribution >= 4 is 5.97 Å². The van der Waals surface area contributed by atoms with Crippen LogP contribution in [0.15, 0.2) is 24.3 Å². The van der Waals surface area contributed by atoms with Gasteiger partial charge in [-0.25, -0.2) is 0 Å². The Morgan fingerprint density at radius 3 is 2.60 bits per heavy atom. The second-order valence-corrected chi connectivity index (χ2v) is 4.29. The van der Waals surface area contributed by atoms with E-state index in [0.717, 1.165) is 24.0 Å². The van der Waals surface area contributed by atoms with E-state index in [1.54, 1.807) is 6.07 Å². The molecule has 1 aliphatic rings. The third kappa shape index (κ3) is 2.80. The third-order valence-corrected chi connectivity index (χ3v) is 2.71. The first-order chi connectivity index (χ1) is 7.07. The molecule has 0 aliphatic heterocycles. The molecule has 0 spiro atoms. The Hall–Kier alpha value is -1.35. The second-order valence-electron chi connectivity index (χ2n) is 4.29. The Balaban J connectivity index is 2.08. The molecule has 2 rings (SSSR count). The number of carboxylic acids is 1. The van der Waals surface area contributed by atoms with Crippen molar-refractivity contribution in [2.75, 3.05) is 0 Å². The summed E-state index contributed by atoms with van der Waals surface area (Å²) in [4.78, 5) is 10.5. The zero-order valence-electron chi connectivity index (χ0n) is 8.44. The summed E-state index contributed by atoms with van der Waals surface area (Å²) < 4.78 is 0. The van der Waals surface area contributed by atoms with Gasteiger partial charge in [0.25, 0.3) is 0 Å². The second kappa shape index (κ2) is 3.66. The Kier molecular flexibility index (Phi) is 2.49. The highest BCUT2D eigenvalue weighted by Crippen LogP contribution is 2.38. The number of hydrogen-bond donors (Lipinski definition) is 2. The van der Waals surface area contributed by atoms with Crippen LogP contribution in [0, 0.1) is 0 Å². The zero-order valence-corrected chi connectivity index (χ0v) is 8.44. The van der Waals surface area contributed by atoms with Crippen molar-refractivity contribution < 1.29 is 15.0 Å². The minimum atomic E-state index is -0.822. The lowest BCUT2D eigenvalue weighted by Crippen LogP contribution is -2.11. The Bertz CT molecular complexity index is 380. The summed E-state index contributed by atoms with van der Waals surface area (Å²) in [5, 5.41) is 18.4. The Labute approximate surface area is 88.4 Å². The predicted octanol–water partition coefficient (Wildman–Crippen LogP) is 1.38. The number of aliphatic carboxylic acids is 1. The van der Waals surface area contributed by atoms with E-state index in [4.69, 9.17) is 5.11 Å². The third-order valence-electron chi connectivity index (χ3n) is 2.71. The van der Waals surface area contributed by atoms with E-state index in [0.29, 0.717) is 6.42 Å². The standard InChI is InChI=1S/C12H14O3/c13-11(14)7-9-2-1-3-10(6-9)8-12(15)4-5-12/h1-3,6,15H,4-5,7-8H2,(H,13,14). The molecular weight excluding hydrogens is 192 g/mol. The van der Waals surface area contributed by atoms with Crippen LogP contribution in [0.25, 0.3) is 0 Å². The molecule has 0 radical (unpaired) electrons. The molecule has 0 heterocycles. The molecule has 1 aliphatic carbocycles. The number of carboxylic acid groups (broad SMARTS) is 1. The van der Waals surface area contributed by atoms with Gasteiger partial charge >= 0.3 is 5.97 Å². The summed E-state index contributed by atoms with van der Waals surface area (Å²) in [6, 6.07) is 7.44. The van der Waals surface area contributed by atoms with E-state index in [9.17, 15) is 9.90 Å². The maximum Gasteiger partial charge on any atom is 0.307 e. The van der Waals surface area contributed by atoms with Gasteiger partial charge in [-0.1, -0.05) is 24.3 Å². The molecule has 15 heavy (non-hydrogen) atoms. The fraction of sp³-hybridized carbons (Fsp3) is 0.417. The fourth-order valence-electron chi connectivity index (χ4n) is 1.73. The maximum atomic E-state index is 10.5. The zero-order chi connectivity index (χ0) is 10.9. The van der Waals surface area contributed by atoms with Crippen molar-refractivity contribution in [3.05, 3.63) is 35.4 Å². The van der Waals surface area contributed by atoms with E-state index in [1.807, 2.05) is 18.2 Å². The van der Waals surface area contributed by atoms with Crippen LogP contribution in [-0.2, 0) is 17.6 Å². The SMILES string of the molecule is O=C(O)Cc1cccc(CC2(O)CC2)c1. The van der Waals surface area contributed by atoms with Gasteiger partial charge in [0.05, 0.1) is 12.0 Å². The molecule has 1 aromatic rings. The number of benzene rings is 1. The lowest BCUT2D eigenvalue weighted by Gasteiger charge is -2.08. The summed E-state index contributed by atoms with van der Waals surface area (Å²) in [6.45, 7) is 0. The molecular formula is C12H14O3. The van der Waals surface area contributed by atoms with E-state index < -0.39 is 11.6 Å². The van der Waals surface area contributed by atoms with Crippen molar-refractivity contribution in [1.29, 1.82) is 0 Å². The molecule has 0 atom stereocenters. The summed E-state index contributed by atoms with van der Waals surface area (Å²) >= 11 is 0. The molecule has 0 amide bonds. The summed E-state index contributed by atoms with van der Waals surface area (Å²) in [7, 11) is 0. The van der Waals surface area contributed by atoms with Crippen molar-refractivity contribution in [2.24, 2.45) is 0 Å².